The number of hydrogen-bond acceptors (Lipinski definition) is 3. The third-order valence-electron chi connectivity index (χ3n) is 2.73. The van der Waals surface area contributed by atoms with Crippen molar-refractivity contribution in [3.8, 4) is 6.07 Å². The normalized spacial score (nSPS) is 11.6. The Balaban J connectivity index is 2.38. The van der Waals surface area contributed by atoms with Crippen LogP contribution >= 0.6 is 0 Å². The van der Waals surface area contributed by atoms with Crippen LogP contribution < -0.4 is 10.6 Å². The lowest BCUT2D eigenvalue weighted by atomic mass is 10.2. The van der Waals surface area contributed by atoms with Gasteiger partial charge in [0.25, 0.3) is 0 Å². The molecule has 0 saturated heterocycles. The molecule has 0 heterocycles. The molecule has 0 bridgehead atoms. The monoisotopic (exact) mass is 245 g/mol. The van der Waals surface area contributed by atoms with Crippen molar-refractivity contribution in [2.24, 2.45) is 0 Å². The lowest BCUT2D eigenvalue weighted by Gasteiger charge is -2.11. The number of anilines is 1. The molecule has 1 atom stereocenters. The van der Waals surface area contributed by atoms with Crippen molar-refractivity contribution >= 4 is 11.6 Å². The summed E-state index contributed by atoms with van der Waals surface area (Å²) < 4.78 is 0. The summed E-state index contributed by atoms with van der Waals surface area (Å²) in [5.41, 5.74) is 1.22. The zero-order valence-electron chi connectivity index (χ0n) is 10.9. The maximum absolute atomic E-state index is 11.6. The average Bonchev–Trinajstić information content (AvgIpc) is 2.38. The number of nitriles is 1. The van der Waals surface area contributed by atoms with Crippen LogP contribution in [0.1, 0.15) is 32.3 Å². The minimum absolute atomic E-state index is 0.0408. The van der Waals surface area contributed by atoms with Gasteiger partial charge in [0.15, 0.2) is 0 Å². The second-order valence-corrected chi connectivity index (χ2v) is 4.25. The molecule has 4 nitrogen and oxygen atoms in total. The molecule has 4 heteroatoms. The number of carbonyl (C=O) groups excluding carboxylic acids is 1. The van der Waals surface area contributed by atoms with Crippen molar-refractivity contribution in [2.45, 2.75) is 32.7 Å². The first-order chi connectivity index (χ1) is 8.65. The van der Waals surface area contributed by atoms with Crippen LogP contribution in [-0.2, 0) is 4.79 Å². The highest BCUT2D eigenvalue weighted by atomic mass is 16.1. The van der Waals surface area contributed by atoms with Crippen molar-refractivity contribution in [3.05, 3.63) is 29.8 Å². The van der Waals surface area contributed by atoms with E-state index in [0.29, 0.717) is 30.3 Å². The maximum atomic E-state index is 11.6. The fourth-order valence-electron chi connectivity index (χ4n) is 1.47. The standard InChI is InChI=1S/C14H19N3O/c1-3-11(2)16-8-7-14(18)17-13-6-4-5-12(9-13)10-15/h4-6,9,11,16H,3,7-8H2,1-2H3,(H,17,18). The maximum Gasteiger partial charge on any atom is 0.225 e. The van der Waals surface area contributed by atoms with Gasteiger partial charge in [0, 0.05) is 24.7 Å². The van der Waals surface area contributed by atoms with Crippen molar-refractivity contribution < 1.29 is 4.79 Å². The number of nitrogens with one attached hydrogen (secondary N) is 2. The lowest BCUT2D eigenvalue weighted by molar-refractivity contribution is -0.116. The van der Waals surface area contributed by atoms with Gasteiger partial charge in [-0.1, -0.05) is 13.0 Å². The predicted octanol–water partition coefficient (Wildman–Crippen LogP) is 2.27. The van der Waals surface area contributed by atoms with Crippen LogP contribution in [0.4, 0.5) is 5.69 Å². The minimum atomic E-state index is -0.0408. The van der Waals surface area contributed by atoms with Crippen molar-refractivity contribution in [2.75, 3.05) is 11.9 Å². The molecular formula is C14H19N3O. The van der Waals surface area contributed by atoms with Crippen LogP contribution in [0, 0.1) is 11.3 Å². The van der Waals surface area contributed by atoms with Gasteiger partial charge in [-0.2, -0.15) is 5.26 Å². The Hall–Kier alpha value is -1.86. The van der Waals surface area contributed by atoms with E-state index in [-0.39, 0.29) is 5.91 Å². The molecular weight excluding hydrogens is 226 g/mol. The highest BCUT2D eigenvalue weighted by Gasteiger charge is 2.04. The van der Waals surface area contributed by atoms with Crippen molar-refractivity contribution in [1.82, 2.24) is 5.32 Å². The molecule has 0 aliphatic carbocycles. The Morgan fingerprint density at radius 3 is 2.94 bits per heavy atom. The van der Waals surface area contributed by atoms with Crippen LogP contribution in [0.15, 0.2) is 24.3 Å². The summed E-state index contributed by atoms with van der Waals surface area (Å²) in [6.45, 7) is 4.86. The van der Waals surface area contributed by atoms with Gasteiger partial charge in [-0.15, -0.1) is 0 Å². The number of benzene rings is 1. The van der Waals surface area contributed by atoms with Gasteiger partial charge in [-0.25, -0.2) is 0 Å². The summed E-state index contributed by atoms with van der Waals surface area (Å²) >= 11 is 0. The highest BCUT2D eigenvalue weighted by Crippen LogP contribution is 2.09. The Kier molecular flexibility index (Phi) is 5.89. The van der Waals surface area contributed by atoms with E-state index in [4.69, 9.17) is 5.26 Å². The Morgan fingerprint density at radius 1 is 1.50 bits per heavy atom. The summed E-state index contributed by atoms with van der Waals surface area (Å²) in [4.78, 5) is 11.6. The molecule has 1 aromatic carbocycles. The summed E-state index contributed by atoms with van der Waals surface area (Å²) in [5, 5.41) is 14.8. The molecule has 1 unspecified atom stereocenters. The number of nitrogens with zero attached hydrogens (tertiary/aromatic N) is 1. The van der Waals surface area contributed by atoms with E-state index >= 15 is 0 Å². The first-order valence-electron chi connectivity index (χ1n) is 6.19. The Bertz CT molecular complexity index is 437. The topological polar surface area (TPSA) is 64.9 Å². The zero-order chi connectivity index (χ0) is 13.4. The quantitative estimate of drug-likeness (QED) is 0.808. The Morgan fingerprint density at radius 2 is 2.28 bits per heavy atom. The lowest BCUT2D eigenvalue weighted by Crippen LogP contribution is -2.28. The number of carbonyl (C=O) groups is 1. The third kappa shape index (κ3) is 4.98. The van der Waals surface area contributed by atoms with E-state index < -0.39 is 0 Å². The molecule has 0 aliphatic heterocycles. The van der Waals surface area contributed by atoms with E-state index in [1.807, 2.05) is 6.07 Å². The van der Waals surface area contributed by atoms with Gasteiger partial charge in [0.2, 0.25) is 5.91 Å². The van der Waals surface area contributed by atoms with E-state index in [1.165, 1.54) is 0 Å². The SMILES string of the molecule is CCC(C)NCCC(=O)Nc1cccc(C#N)c1. The van der Waals surface area contributed by atoms with E-state index in [2.05, 4.69) is 24.5 Å². The number of rotatable bonds is 6. The molecule has 1 aromatic rings. The molecule has 0 radical (unpaired) electrons. The van der Waals surface area contributed by atoms with Crippen molar-refractivity contribution in [1.29, 1.82) is 5.26 Å². The first-order valence-corrected chi connectivity index (χ1v) is 6.19. The van der Waals surface area contributed by atoms with Gasteiger partial charge in [0.1, 0.15) is 0 Å². The average molecular weight is 245 g/mol. The van der Waals surface area contributed by atoms with Gasteiger partial charge in [-0.3, -0.25) is 4.79 Å². The van der Waals surface area contributed by atoms with Gasteiger partial charge < -0.3 is 10.6 Å². The second-order valence-electron chi connectivity index (χ2n) is 4.25. The highest BCUT2D eigenvalue weighted by molar-refractivity contribution is 5.90. The van der Waals surface area contributed by atoms with Crippen LogP contribution in [0.3, 0.4) is 0 Å². The molecule has 18 heavy (non-hydrogen) atoms. The van der Waals surface area contributed by atoms with E-state index in [0.717, 1.165) is 6.42 Å². The number of amides is 1. The van der Waals surface area contributed by atoms with Crippen LogP contribution in [0.5, 0.6) is 0 Å². The zero-order valence-corrected chi connectivity index (χ0v) is 10.9. The van der Waals surface area contributed by atoms with Crippen LogP contribution in [0.25, 0.3) is 0 Å². The van der Waals surface area contributed by atoms with Crippen LogP contribution in [0.2, 0.25) is 0 Å². The first kappa shape index (κ1) is 14.2. The fraction of sp³-hybridized carbons (Fsp3) is 0.429. The van der Waals surface area contributed by atoms with E-state index in [9.17, 15) is 4.79 Å². The molecule has 2 N–H and O–H groups in total. The summed E-state index contributed by atoms with van der Waals surface area (Å²) in [7, 11) is 0. The molecule has 1 rings (SSSR count). The third-order valence-corrected chi connectivity index (χ3v) is 2.73. The molecule has 0 aliphatic rings. The molecule has 0 saturated carbocycles. The Labute approximate surface area is 108 Å². The fourth-order valence-corrected chi connectivity index (χ4v) is 1.47. The predicted molar refractivity (Wildman–Crippen MR) is 72.2 cm³/mol. The minimum Gasteiger partial charge on any atom is -0.326 e. The molecule has 0 aromatic heterocycles. The second kappa shape index (κ2) is 7.46. The molecule has 96 valence electrons. The largest absolute Gasteiger partial charge is 0.326 e. The molecule has 0 fully saturated rings. The summed E-state index contributed by atoms with van der Waals surface area (Å²) in [6, 6.07) is 9.38. The smallest absolute Gasteiger partial charge is 0.225 e. The summed E-state index contributed by atoms with van der Waals surface area (Å²) in [6.07, 6.45) is 1.48. The van der Waals surface area contributed by atoms with Gasteiger partial charge >= 0.3 is 0 Å². The molecule has 0 spiro atoms. The van der Waals surface area contributed by atoms with Gasteiger partial charge in [-0.05, 0) is 31.5 Å². The van der Waals surface area contributed by atoms with Crippen LogP contribution in [-0.4, -0.2) is 18.5 Å². The summed E-state index contributed by atoms with van der Waals surface area (Å²) in [5.74, 6) is -0.0408. The van der Waals surface area contributed by atoms with Crippen molar-refractivity contribution in [3.63, 3.8) is 0 Å². The van der Waals surface area contributed by atoms with E-state index in [1.54, 1.807) is 24.3 Å². The molecule has 1 amide bonds. The number of hydrogen-bond donors (Lipinski definition) is 2. The van der Waals surface area contributed by atoms with Gasteiger partial charge in [0.05, 0.1) is 11.6 Å².